The van der Waals surface area contributed by atoms with Gasteiger partial charge in [0.2, 0.25) is 0 Å². The average Bonchev–Trinajstić information content (AvgIpc) is 2.06. The second-order valence-corrected chi connectivity index (χ2v) is 2.97. The monoisotopic (exact) mass is 150 g/mol. The molecule has 0 N–H and O–H groups in total. The summed E-state index contributed by atoms with van der Waals surface area (Å²) in [5, 5.41) is 0. The van der Waals surface area contributed by atoms with Crippen molar-refractivity contribution in [2.75, 3.05) is 0 Å². The van der Waals surface area contributed by atoms with E-state index in [4.69, 9.17) is 0 Å². The molecule has 0 atom stereocenters. The van der Waals surface area contributed by atoms with E-state index in [9.17, 15) is 0 Å². The molecular formula is C11H11Li. The summed E-state index contributed by atoms with van der Waals surface area (Å²) >= 11 is 0. The van der Waals surface area contributed by atoms with Gasteiger partial charge in [-0.15, -0.1) is 29.8 Å². The van der Waals surface area contributed by atoms with E-state index in [1.807, 2.05) is 0 Å². The average molecular weight is 150 g/mol. The smallest absolute Gasteiger partial charge is 0.182 e. The Labute approximate surface area is 85.9 Å². The normalized spacial score (nSPS) is 13.6. The topological polar surface area (TPSA) is 0 Å². The van der Waals surface area contributed by atoms with Gasteiger partial charge in [-0.3, -0.25) is 0 Å². The molecule has 0 amide bonds. The molecule has 1 aliphatic rings. The molecule has 0 fully saturated rings. The maximum atomic E-state index is 2.22. The molecule has 1 heteroatoms. The first kappa shape index (κ1) is 9.51. The Balaban J connectivity index is 0.000000720. The van der Waals surface area contributed by atoms with Gasteiger partial charge in [-0.25, -0.2) is 0 Å². The SMILES string of the molecule is C[C-]1CC=Cc2ccccc21.[Li+]. The van der Waals surface area contributed by atoms with E-state index < -0.39 is 0 Å². The second-order valence-electron chi connectivity index (χ2n) is 2.97. The zero-order valence-corrected chi connectivity index (χ0v) is 7.67. The van der Waals surface area contributed by atoms with Crippen LogP contribution in [0, 0.1) is 5.92 Å². The van der Waals surface area contributed by atoms with Crippen molar-refractivity contribution in [2.24, 2.45) is 0 Å². The predicted octanol–water partition coefficient (Wildman–Crippen LogP) is 0.0500. The molecule has 0 spiro atoms. The molecule has 0 saturated heterocycles. The number of benzene rings is 1. The molecule has 0 unspecified atom stereocenters. The number of hydrogen-bond acceptors (Lipinski definition) is 0. The van der Waals surface area contributed by atoms with Crippen molar-refractivity contribution in [1.82, 2.24) is 0 Å². The zero-order valence-electron chi connectivity index (χ0n) is 7.67. The van der Waals surface area contributed by atoms with Crippen molar-refractivity contribution in [3.8, 4) is 0 Å². The van der Waals surface area contributed by atoms with Crippen molar-refractivity contribution in [1.29, 1.82) is 0 Å². The fraction of sp³-hybridized carbons (Fsp3) is 0.182. The first-order chi connectivity index (χ1) is 5.38. The summed E-state index contributed by atoms with van der Waals surface area (Å²) in [5.74, 6) is 1.48. The summed E-state index contributed by atoms with van der Waals surface area (Å²) in [6.45, 7) is 2.20. The van der Waals surface area contributed by atoms with E-state index in [0.29, 0.717) is 0 Å². The van der Waals surface area contributed by atoms with Gasteiger partial charge in [0.15, 0.2) is 0 Å². The Morgan fingerprint density at radius 1 is 1.25 bits per heavy atom. The van der Waals surface area contributed by atoms with Crippen LogP contribution < -0.4 is 18.9 Å². The fourth-order valence-corrected chi connectivity index (χ4v) is 1.50. The Morgan fingerprint density at radius 3 is 2.75 bits per heavy atom. The van der Waals surface area contributed by atoms with E-state index in [2.05, 4.69) is 43.3 Å². The Hall–Kier alpha value is -0.573. The van der Waals surface area contributed by atoms with E-state index in [1.54, 1.807) is 0 Å². The third-order valence-corrected chi connectivity index (χ3v) is 2.14. The molecule has 12 heavy (non-hydrogen) atoms. The Kier molecular flexibility index (Phi) is 3.09. The summed E-state index contributed by atoms with van der Waals surface area (Å²) in [7, 11) is 0. The molecule has 56 valence electrons. The van der Waals surface area contributed by atoms with E-state index >= 15 is 0 Å². The quantitative estimate of drug-likeness (QED) is 0.362. The molecule has 1 aromatic rings. The third kappa shape index (κ3) is 1.60. The molecule has 0 radical (unpaired) electrons. The molecule has 0 aliphatic heterocycles. The van der Waals surface area contributed by atoms with Crippen LogP contribution in [0.15, 0.2) is 30.3 Å². The minimum Gasteiger partial charge on any atom is -0.182 e. The van der Waals surface area contributed by atoms with Crippen molar-refractivity contribution in [2.45, 2.75) is 13.3 Å². The van der Waals surface area contributed by atoms with Crippen LogP contribution >= 0.6 is 0 Å². The van der Waals surface area contributed by atoms with Crippen LogP contribution in [0.2, 0.25) is 0 Å². The number of fused-ring (bicyclic) bond motifs is 1. The number of rotatable bonds is 0. The maximum absolute atomic E-state index is 2.22. The molecule has 2 rings (SSSR count). The summed E-state index contributed by atoms with van der Waals surface area (Å²) in [4.78, 5) is 0. The summed E-state index contributed by atoms with van der Waals surface area (Å²) in [5.41, 5.74) is 2.77. The van der Waals surface area contributed by atoms with Crippen LogP contribution in [0.1, 0.15) is 24.5 Å². The van der Waals surface area contributed by atoms with Gasteiger partial charge in [-0.2, -0.15) is 17.5 Å². The standard InChI is InChI=1S/C11H11.Li/c1-9-5-4-7-10-6-2-3-8-11(9)10;/h2-4,6-8H,5H2,1H3;/q-1;+1. The van der Waals surface area contributed by atoms with Crippen LogP contribution in [0.4, 0.5) is 0 Å². The van der Waals surface area contributed by atoms with Crippen LogP contribution in [0.3, 0.4) is 0 Å². The molecule has 1 aromatic carbocycles. The molecule has 0 bridgehead atoms. The molecule has 0 heterocycles. The van der Waals surface area contributed by atoms with Gasteiger partial charge in [0.25, 0.3) is 0 Å². The van der Waals surface area contributed by atoms with Crippen LogP contribution in [-0.4, -0.2) is 0 Å². The van der Waals surface area contributed by atoms with Crippen molar-refractivity contribution in [3.63, 3.8) is 0 Å². The second kappa shape index (κ2) is 3.89. The van der Waals surface area contributed by atoms with Crippen LogP contribution in [0.5, 0.6) is 0 Å². The van der Waals surface area contributed by atoms with Gasteiger partial charge in [0.05, 0.1) is 0 Å². The summed E-state index contributed by atoms with van der Waals surface area (Å²) in [6, 6.07) is 8.53. The third-order valence-electron chi connectivity index (χ3n) is 2.14. The largest absolute Gasteiger partial charge is 1.00 e. The fourth-order valence-electron chi connectivity index (χ4n) is 1.50. The number of allylic oxidation sites excluding steroid dienone is 1. The summed E-state index contributed by atoms with van der Waals surface area (Å²) in [6.07, 6.45) is 5.52. The van der Waals surface area contributed by atoms with E-state index in [1.165, 1.54) is 17.0 Å². The Bertz CT molecular complexity index is 289. The van der Waals surface area contributed by atoms with Gasteiger partial charge in [-0.05, 0) is 0 Å². The molecule has 0 nitrogen and oxygen atoms in total. The molecule has 0 aromatic heterocycles. The number of hydrogen-bond donors (Lipinski definition) is 0. The van der Waals surface area contributed by atoms with Gasteiger partial charge < -0.3 is 0 Å². The predicted molar refractivity (Wildman–Crippen MR) is 48.1 cm³/mol. The van der Waals surface area contributed by atoms with Gasteiger partial charge in [0.1, 0.15) is 0 Å². The minimum absolute atomic E-state index is 0. The van der Waals surface area contributed by atoms with Gasteiger partial charge >= 0.3 is 18.9 Å². The van der Waals surface area contributed by atoms with Crippen molar-refractivity contribution < 1.29 is 18.9 Å². The summed E-state index contributed by atoms with van der Waals surface area (Å²) < 4.78 is 0. The molecule has 1 aliphatic carbocycles. The molecule has 0 saturated carbocycles. The zero-order chi connectivity index (χ0) is 7.68. The first-order valence-corrected chi connectivity index (χ1v) is 3.96. The van der Waals surface area contributed by atoms with E-state index in [0.717, 1.165) is 6.42 Å². The van der Waals surface area contributed by atoms with E-state index in [-0.39, 0.29) is 18.9 Å². The van der Waals surface area contributed by atoms with Gasteiger partial charge in [0, 0.05) is 0 Å². The maximum Gasteiger partial charge on any atom is 1.00 e. The Morgan fingerprint density at radius 2 is 2.00 bits per heavy atom. The van der Waals surface area contributed by atoms with Crippen molar-refractivity contribution in [3.05, 3.63) is 47.4 Å². The van der Waals surface area contributed by atoms with Gasteiger partial charge in [-0.1, -0.05) is 19.4 Å². The minimum atomic E-state index is 0. The van der Waals surface area contributed by atoms with Crippen LogP contribution in [-0.2, 0) is 0 Å². The first-order valence-electron chi connectivity index (χ1n) is 3.96. The van der Waals surface area contributed by atoms with Crippen LogP contribution in [0.25, 0.3) is 6.08 Å². The van der Waals surface area contributed by atoms with Crippen molar-refractivity contribution >= 4 is 6.08 Å². The molecular weight excluding hydrogens is 139 g/mol.